The van der Waals surface area contributed by atoms with Gasteiger partial charge >= 0.3 is 0 Å². The van der Waals surface area contributed by atoms with Gasteiger partial charge in [0, 0.05) is 6.61 Å². The molecule has 0 amide bonds. The first-order valence-electron chi connectivity index (χ1n) is 3.45. The summed E-state index contributed by atoms with van der Waals surface area (Å²) in [6, 6.07) is 0.0900. The topological polar surface area (TPSA) is 32.6 Å². The molecule has 0 bridgehead atoms. The van der Waals surface area contributed by atoms with Crippen LogP contribution in [0.15, 0.2) is 17.6 Å². The Morgan fingerprint density at radius 1 is 1.70 bits per heavy atom. The van der Waals surface area contributed by atoms with Crippen molar-refractivity contribution in [1.82, 2.24) is 0 Å². The largest absolute Gasteiger partial charge is 0.396 e. The Hall–Kier alpha value is -0.630. The maximum atomic E-state index is 8.58. The molecule has 0 saturated heterocycles. The van der Waals surface area contributed by atoms with E-state index in [-0.39, 0.29) is 12.6 Å². The SMILES string of the molecule is C=CC(N=C)C(C)CCO. The molecule has 2 atom stereocenters. The maximum Gasteiger partial charge on any atom is 0.0696 e. The van der Waals surface area contributed by atoms with Gasteiger partial charge in [0.1, 0.15) is 0 Å². The van der Waals surface area contributed by atoms with E-state index in [0.717, 1.165) is 6.42 Å². The van der Waals surface area contributed by atoms with Gasteiger partial charge in [-0.3, -0.25) is 4.99 Å². The van der Waals surface area contributed by atoms with E-state index in [1.54, 1.807) is 6.08 Å². The molecule has 10 heavy (non-hydrogen) atoms. The van der Waals surface area contributed by atoms with Crippen LogP contribution in [0.5, 0.6) is 0 Å². The van der Waals surface area contributed by atoms with Gasteiger partial charge in [-0.2, -0.15) is 0 Å². The molecule has 0 spiro atoms. The highest BCUT2D eigenvalue weighted by Crippen LogP contribution is 2.10. The average Bonchev–Trinajstić information content (AvgIpc) is 1.91. The molecule has 2 unspecified atom stereocenters. The monoisotopic (exact) mass is 141 g/mol. The lowest BCUT2D eigenvalue weighted by atomic mass is 10.00. The predicted molar refractivity (Wildman–Crippen MR) is 44.4 cm³/mol. The highest BCUT2D eigenvalue weighted by atomic mass is 16.3. The minimum Gasteiger partial charge on any atom is -0.396 e. The van der Waals surface area contributed by atoms with Crippen LogP contribution < -0.4 is 0 Å². The van der Waals surface area contributed by atoms with Crippen molar-refractivity contribution in [3.05, 3.63) is 12.7 Å². The molecule has 0 aromatic carbocycles. The Bertz CT molecular complexity index is 104. The number of aliphatic imine (C=N–C) groups is 1. The molecule has 58 valence electrons. The van der Waals surface area contributed by atoms with E-state index >= 15 is 0 Å². The van der Waals surface area contributed by atoms with Gasteiger partial charge in [-0.05, 0) is 19.1 Å². The lowest BCUT2D eigenvalue weighted by Crippen LogP contribution is -2.13. The number of aliphatic hydroxyl groups is 1. The van der Waals surface area contributed by atoms with Crippen molar-refractivity contribution < 1.29 is 5.11 Å². The van der Waals surface area contributed by atoms with Crippen molar-refractivity contribution >= 4 is 6.72 Å². The van der Waals surface area contributed by atoms with Crippen molar-refractivity contribution in [3.8, 4) is 0 Å². The minimum atomic E-state index is 0.0900. The zero-order valence-electron chi connectivity index (χ0n) is 6.45. The van der Waals surface area contributed by atoms with Crippen molar-refractivity contribution in [2.75, 3.05) is 6.61 Å². The Kier molecular flexibility index (Phi) is 4.85. The van der Waals surface area contributed by atoms with E-state index in [9.17, 15) is 0 Å². The predicted octanol–water partition coefficient (Wildman–Crippen LogP) is 1.26. The summed E-state index contributed by atoms with van der Waals surface area (Å²) in [6.45, 7) is 9.29. The van der Waals surface area contributed by atoms with Crippen molar-refractivity contribution in [2.24, 2.45) is 10.9 Å². The lowest BCUT2D eigenvalue weighted by molar-refractivity contribution is 0.257. The van der Waals surface area contributed by atoms with Crippen LogP contribution in [0.4, 0.5) is 0 Å². The Balaban J connectivity index is 3.75. The molecule has 0 aliphatic rings. The van der Waals surface area contributed by atoms with Crippen LogP contribution in [0.2, 0.25) is 0 Å². The molecule has 0 aliphatic heterocycles. The van der Waals surface area contributed by atoms with Crippen molar-refractivity contribution in [1.29, 1.82) is 0 Å². The van der Waals surface area contributed by atoms with Gasteiger partial charge < -0.3 is 5.11 Å². The fraction of sp³-hybridized carbons (Fsp3) is 0.625. The molecule has 0 saturated carbocycles. The Labute approximate surface area is 62.3 Å². The molecular formula is C8H15NO. The van der Waals surface area contributed by atoms with E-state index in [0.29, 0.717) is 5.92 Å². The Morgan fingerprint density at radius 3 is 2.60 bits per heavy atom. The van der Waals surface area contributed by atoms with E-state index in [1.807, 2.05) is 6.92 Å². The minimum absolute atomic E-state index is 0.0900. The van der Waals surface area contributed by atoms with Gasteiger partial charge in [-0.25, -0.2) is 0 Å². The fourth-order valence-corrected chi connectivity index (χ4v) is 0.861. The van der Waals surface area contributed by atoms with Crippen LogP contribution in [-0.4, -0.2) is 24.5 Å². The first kappa shape index (κ1) is 9.37. The van der Waals surface area contributed by atoms with Crippen LogP contribution in [0, 0.1) is 5.92 Å². The van der Waals surface area contributed by atoms with Crippen LogP contribution in [-0.2, 0) is 0 Å². The molecule has 0 fully saturated rings. The summed E-state index contributed by atoms with van der Waals surface area (Å²) in [5.74, 6) is 0.347. The standard InChI is InChI=1S/C8H15NO/c1-4-8(9-3)7(2)5-6-10/h4,7-8,10H,1,3,5-6H2,2H3. The molecule has 0 rings (SSSR count). The number of aliphatic hydroxyl groups excluding tert-OH is 1. The maximum absolute atomic E-state index is 8.58. The third kappa shape index (κ3) is 2.78. The highest BCUT2D eigenvalue weighted by Gasteiger charge is 2.09. The summed E-state index contributed by atoms with van der Waals surface area (Å²) in [4.78, 5) is 3.85. The van der Waals surface area contributed by atoms with Gasteiger partial charge in [0.25, 0.3) is 0 Å². The van der Waals surface area contributed by atoms with Gasteiger partial charge in [0.05, 0.1) is 6.04 Å². The number of rotatable bonds is 5. The third-order valence-electron chi connectivity index (χ3n) is 1.62. The van der Waals surface area contributed by atoms with Gasteiger partial charge in [0.15, 0.2) is 0 Å². The van der Waals surface area contributed by atoms with Gasteiger partial charge in [0.2, 0.25) is 0 Å². The van der Waals surface area contributed by atoms with Crippen molar-refractivity contribution in [3.63, 3.8) is 0 Å². The average molecular weight is 141 g/mol. The lowest BCUT2D eigenvalue weighted by Gasteiger charge is -2.13. The van der Waals surface area contributed by atoms with E-state index in [4.69, 9.17) is 5.11 Å². The van der Waals surface area contributed by atoms with Gasteiger partial charge in [-0.15, -0.1) is 6.58 Å². The molecule has 0 heterocycles. The summed E-state index contributed by atoms with van der Waals surface area (Å²) in [6.07, 6.45) is 2.52. The zero-order valence-corrected chi connectivity index (χ0v) is 6.45. The normalized spacial score (nSPS) is 15.8. The van der Waals surface area contributed by atoms with Gasteiger partial charge in [-0.1, -0.05) is 13.0 Å². The quantitative estimate of drug-likeness (QED) is 0.453. The Morgan fingerprint density at radius 2 is 2.30 bits per heavy atom. The summed E-state index contributed by atoms with van der Waals surface area (Å²) in [7, 11) is 0. The molecule has 2 heteroatoms. The second-order valence-electron chi connectivity index (χ2n) is 2.40. The molecule has 0 aromatic rings. The van der Waals surface area contributed by atoms with Crippen molar-refractivity contribution in [2.45, 2.75) is 19.4 Å². The summed E-state index contributed by atoms with van der Waals surface area (Å²) >= 11 is 0. The van der Waals surface area contributed by atoms with Crippen LogP contribution in [0.25, 0.3) is 0 Å². The summed E-state index contributed by atoms with van der Waals surface area (Å²) in [5.41, 5.74) is 0. The fourth-order valence-electron chi connectivity index (χ4n) is 0.861. The summed E-state index contributed by atoms with van der Waals surface area (Å²) in [5, 5.41) is 8.58. The molecule has 0 aromatic heterocycles. The van der Waals surface area contributed by atoms with E-state index in [1.165, 1.54) is 0 Å². The van der Waals surface area contributed by atoms with Crippen LogP contribution >= 0.6 is 0 Å². The van der Waals surface area contributed by atoms with Crippen LogP contribution in [0.3, 0.4) is 0 Å². The molecule has 2 nitrogen and oxygen atoms in total. The van der Waals surface area contributed by atoms with E-state index in [2.05, 4.69) is 18.3 Å². The first-order valence-corrected chi connectivity index (χ1v) is 3.45. The third-order valence-corrected chi connectivity index (χ3v) is 1.62. The molecule has 1 N–H and O–H groups in total. The smallest absolute Gasteiger partial charge is 0.0696 e. The molecule has 0 aliphatic carbocycles. The second-order valence-corrected chi connectivity index (χ2v) is 2.40. The molecular weight excluding hydrogens is 126 g/mol. The second kappa shape index (κ2) is 5.18. The van der Waals surface area contributed by atoms with E-state index < -0.39 is 0 Å². The zero-order chi connectivity index (χ0) is 7.98. The highest BCUT2D eigenvalue weighted by molar-refractivity contribution is 5.25. The van der Waals surface area contributed by atoms with Crippen LogP contribution in [0.1, 0.15) is 13.3 Å². The number of hydrogen-bond donors (Lipinski definition) is 1. The summed E-state index contributed by atoms with van der Waals surface area (Å²) < 4.78 is 0. The number of hydrogen-bond acceptors (Lipinski definition) is 2. The number of nitrogens with zero attached hydrogens (tertiary/aromatic N) is 1. The first-order chi connectivity index (χ1) is 4.76. The molecule has 0 radical (unpaired) electrons.